The van der Waals surface area contributed by atoms with E-state index in [1.165, 1.54) is 11.9 Å². The van der Waals surface area contributed by atoms with Gasteiger partial charge in [-0.15, -0.1) is 0 Å². The Balaban J connectivity index is 1.62. The lowest BCUT2D eigenvalue weighted by atomic mass is 10.00. The van der Waals surface area contributed by atoms with Crippen LogP contribution in [0.4, 0.5) is 10.2 Å². The molecule has 0 radical (unpaired) electrons. The minimum absolute atomic E-state index is 0.322. The zero-order chi connectivity index (χ0) is 20.0. The first-order valence-electron chi connectivity index (χ1n) is 9.29. The van der Waals surface area contributed by atoms with Gasteiger partial charge in [0.1, 0.15) is 23.6 Å². The van der Waals surface area contributed by atoms with Gasteiger partial charge in [-0.1, -0.05) is 42.5 Å². The van der Waals surface area contributed by atoms with E-state index in [9.17, 15) is 0 Å². The largest absolute Gasteiger partial charge is 0.383 e. The van der Waals surface area contributed by atoms with Crippen molar-refractivity contribution >= 4 is 27.6 Å². The van der Waals surface area contributed by atoms with Gasteiger partial charge in [-0.2, -0.15) is 0 Å². The number of aromatic nitrogens is 4. The number of nitrogen functional groups attached to an aromatic ring is 1. The van der Waals surface area contributed by atoms with E-state index < -0.39 is 0 Å². The molecule has 0 atom stereocenters. The predicted molar refractivity (Wildman–Crippen MR) is 113 cm³/mol. The molecular formula is C23H18FN5. The molecule has 0 saturated heterocycles. The summed E-state index contributed by atoms with van der Waals surface area (Å²) in [6, 6.07) is 15.7. The van der Waals surface area contributed by atoms with Gasteiger partial charge in [-0.3, -0.25) is 4.98 Å². The maximum absolute atomic E-state index is 15.5. The number of nitrogens with two attached hydrogens (primary N) is 1. The molecule has 0 fully saturated rings. The molecule has 5 nitrogen and oxygen atoms in total. The number of rotatable bonds is 3. The van der Waals surface area contributed by atoms with Gasteiger partial charge in [-0.25, -0.2) is 14.4 Å². The zero-order valence-corrected chi connectivity index (χ0v) is 15.8. The third kappa shape index (κ3) is 2.89. The van der Waals surface area contributed by atoms with Crippen LogP contribution in [-0.2, 0) is 13.5 Å². The SMILES string of the molecule is Cn1cc(-c2ccc3cc(Cc4ccccc4)ncc3c2F)c2c(N)ncnc21. The lowest BCUT2D eigenvalue weighted by molar-refractivity contribution is 0.643. The van der Waals surface area contributed by atoms with E-state index in [0.717, 1.165) is 11.1 Å². The summed E-state index contributed by atoms with van der Waals surface area (Å²) in [5.74, 6) is 0.0124. The van der Waals surface area contributed by atoms with Crippen LogP contribution in [-0.4, -0.2) is 19.5 Å². The molecule has 3 aromatic heterocycles. The molecule has 29 heavy (non-hydrogen) atoms. The molecular weight excluding hydrogens is 365 g/mol. The van der Waals surface area contributed by atoms with Crippen LogP contribution >= 0.6 is 0 Å². The van der Waals surface area contributed by atoms with E-state index in [1.54, 1.807) is 12.3 Å². The Morgan fingerprint density at radius 3 is 2.66 bits per heavy atom. The van der Waals surface area contributed by atoms with Gasteiger partial charge >= 0.3 is 0 Å². The molecule has 2 aromatic carbocycles. The van der Waals surface area contributed by atoms with Gasteiger partial charge in [0.15, 0.2) is 0 Å². The van der Waals surface area contributed by atoms with Gasteiger partial charge in [-0.05, 0) is 17.0 Å². The molecule has 0 bridgehead atoms. The number of benzene rings is 2. The van der Waals surface area contributed by atoms with E-state index in [4.69, 9.17) is 5.73 Å². The monoisotopic (exact) mass is 383 g/mol. The molecule has 0 unspecified atom stereocenters. The van der Waals surface area contributed by atoms with Crippen LogP contribution in [0.15, 0.2) is 67.3 Å². The number of aryl methyl sites for hydroxylation is 1. The number of anilines is 1. The van der Waals surface area contributed by atoms with Crippen LogP contribution in [0.5, 0.6) is 0 Å². The van der Waals surface area contributed by atoms with Crippen molar-refractivity contribution in [1.29, 1.82) is 0 Å². The predicted octanol–water partition coefficient (Wildman–Crippen LogP) is 4.50. The van der Waals surface area contributed by atoms with Crippen molar-refractivity contribution < 1.29 is 4.39 Å². The zero-order valence-electron chi connectivity index (χ0n) is 15.8. The van der Waals surface area contributed by atoms with E-state index in [0.29, 0.717) is 39.8 Å². The Hall–Kier alpha value is -3.80. The summed E-state index contributed by atoms with van der Waals surface area (Å²) in [7, 11) is 1.86. The van der Waals surface area contributed by atoms with Gasteiger partial charge in [0.2, 0.25) is 0 Å². The summed E-state index contributed by atoms with van der Waals surface area (Å²) in [6.07, 6.45) is 5.56. The fraction of sp³-hybridized carbons (Fsp3) is 0.0870. The Bertz CT molecular complexity index is 1360. The van der Waals surface area contributed by atoms with Crippen LogP contribution in [0.3, 0.4) is 0 Å². The van der Waals surface area contributed by atoms with Crippen LogP contribution < -0.4 is 5.73 Å². The number of fused-ring (bicyclic) bond motifs is 2. The Morgan fingerprint density at radius 2 is 1.83 bits per heavy atom. The molecule has 0 spiro atoms. The normalized spacial score (nSPS) is 11.4. The van der Waals surface area contributed by atoms with Crippen molar-refractivity contribution in [2.75, 3.05) is 5.73 Å². The van der Waals surface area contributed by atoms with Gasteiger partial charge in [0.25, 0.3) is 0 Å². The summed E-state index contributed by atoms with van der Waals surface area (Å²) >= 11 is 0. The highest BCUT2D eigenvalue weighted by atomic mass is 19.1. The molecule has 0 aliphatic carbocycles. The van der Waals surface area contributed by atoms with E-state index >= 15 is 4.39 Å². The van der Waals surface area contributed by atoms with Crippen LogP contribution in [0.1, 0.15) is 11.3 Å². The number of nitrogens with zero attached hydrogens (tertiary/aromatic N) is 4. The minimum Gasteiger partial charge on any atom is -0.383 e. The lowest BCUT2D eigenvalue weighted by Gasteiger charge is -2.08. The number of halogens is 1. The quantitative estimate of drug-likeness (QED) is 0.498. The average molecular weight is 383 g/mol. The number of hydrogen-bond donors (Lipinski definition) is 1. The van der Waals surface area contributed by atoms with Gasteiger partial charge < -0.3 is 10.3 Å². The first-order valence-corrected chi connectivity index (χ1v) is 9.29. The molecule has 0 saturated carbocycles. The highest BCUT2D eigenvalue weighted by molar-refractivity contribution is 6.02. The number of hydrogen-bond acceptors (Lipinski definition) is 4. The molecule has 6 heteroatoms. The summed E-state index contributed by atoms with van der Waals surface area (Å²) in [4.78, 5) is 12.8. The van der Waals surface area contributed by atoms with Crippen LogP contribution in [0.25, 0.3) is 32.9 Å². The first-order chi connectivity index (χ1) is 14.1. The fourth-order valence-electron chi connectivity index (χ4n) is 3.78. The smallest absolute Gasteiger partial charge is 0.145 e. The highest BCUT2D eigenvalue weighted by Crippen LogP contribution is 2.36. The molecule has 3 heterocycles. The van der Waals surface area contributed by atoms with E-state index in [2.05, 4.69) is 27.1 Å². The topological polar surface area (TPSA) is 69.6 Å². The second kappa shape index (κ2) is 6.67. The third-order valence-electron chi connectivity index (χ3n) is 5.20. The maximum Gasteiger partial charge on any atom is 0.145 e. The lowest BCUT2D eigenvalue weighted by Crippen LogP contribution is -1.95. The summed E-state index contributed by atoms with van der Waals surface area (Å²) in [5.41, 5.74) is 9.94. The Morgan fingerprint density at radius 1 is 1.00 bits per heavy atom. The standard InChI is InChI=1S/C23H18FN5/c1-29-12-19(20-22(25)27-13-28-23(20)29)17-8-7-15-10-16(26-11-18(15)21(17)24)9-14-5-3-2-4-6-14/h2-8,10-13H,9H2,1H3,(H2,25,27,28). The minimum atomic E-state index is -0.322. The van der Waals surface area contributed by atoms with Crippen molar-refractivity contribution in [2.45, 2.75) is 6.42 Å². The third-order valence-corrected chi connectivity index (χ3v) is 5.20. The molecule has 5 aromatic rings. The molecule has 0 amide bonds. The van der Waals surface area contributed by atoms with E-state index in [1.807, 2.05) is 48.1 Å². The molecule has 0 aliphatic heterocycles. The van der Waals surface area contributed by atoms with Crippen molar-refractivity contribution in [3.05, 3.63) is 84.3 Å². The first kappa shape index (κ1) is 17.3. The van der Waals surface area contributed by atoms with Crippen molar-refractivity contribution in [2.24, 2.45) is 7.05 Å². The number of pyridine rings is 1. The second-order valence-electron chi connectivity index (χ2n) is 7.10. The summed E-state index contributed by atoms with van der Waals surface area (Å²) in [5, 5.41) is 1.95. The molecule has 5 rings (SSSR count). The Labute approximate surface area is 166 Å². The van der Waals surface area contributed by atoms with E-state index in [-0.39, 0.29) is 5.82 Å². The molecule has 2 N–H and O–H groups in total. The molecule has 0 aliphatic rings. The van der Waals surface area contributed by atoms with Crippen molar-refractivity contribution in [3.63, 3.8) is 0 Å². The summed E-state index contributed by atoms with van der Waals surface area (Å²) < 4.78 is 17.3. The van der Waals surface area contributed by atoms with Gasteiger partial charge in [0.05, 0.1) is 5.39 Å². The van der Waals surface area contributed by atoms with Crippen LogP contribution in [0, 0.1) is 5.82 Å². The van der Waals surface area contributed by atoms with Crippen molar-refractivity contribution in [1.82, 2.24) is 19.5 Å². The molecule has 142 valence electrons. The summed E-state index contributed by atoms with van der Waals surface area (Å²) in [6.45, 7) is 0. The second-order valence-corrected chi connectivity index (χ2v) is 7.10. The van der Waals surface area contributed by atoms with Crippen LogP contribution in [0.2, 0.25) is 0 Å². The Kier molecular flexibility index (Phi) is 3.98. The highest BCUT2D eigenvalue weighted by Gasteiger charge is 2.18. The maximum atomic E-state index is 15.5. The van der Waals surface area contributed by atoms with Crippen molar-refractivity contribution in [3.8, 4) is 11.1 Å². The van der Waals surface area contributed by atoms with Gasteiger partial charge in [0, 0.05) is 48.1 Å². The average Bonchev–Trinajstić information content (AvgIpc) is 3.07. The fourth-order valence-corrected chi connectivity index (χ4v) is 3.78.